The van der Waals surface area contributed by atoms with E-state index < -0.39 is 5.25 Å². The summed E-state index contributed by atoms with van der Waals surface area (Å²) in [6.07, 6.45) is 3.11. The van der Waals surface area contributed by atoms with Gasteiger partial charge in [-0.3, -0.25) is 4.79 Å². The van der Waals surface area contributed by atoms with Crippen LogP contribution in [0.3, 0.4) is 0 Å². The molecule has 5 rings (SSSR count). The van der Waals surface area contributed by atoms with Crippen LogP contribution in [-0.4, -0.2) is 31.3 Å². The Morgan fingerprint density at radius 1 is 1.00 bits per heavy atom. The van der Waals surface area contributed by atoms with E-state index in [9.17, 15) is 4.79 Å². The fourth-order valence-electron chi connectivity index (χ4n) is 3.03. The van der Waals surface area contributed by atoms with E-state index >= 15 is 0 Å². The molecule has 0 saturated carbocycles. The van der Waals surface area contributed by atoms with Crippen LogP contribution >= 0.6 is 39.0 Å². The minimum atomic E-state index is -0.485. The van der Waals surface area contributed by atoms with E-state index in [1.54, 1.807) is 43.7 Å². The highest BCUT2D eigenvalue weighted by Crippen LogP contribution is 2.32. The van der Waals surface area contributed by atoms with Gasteiger partial charge in [0.2, 0.25) is 11.1 Å². The van der Waals surface area contributed by atoms with E-state index in [0.29, 0.717) is 33.2 Å². The van der Waals surface area contributed by atoms with E-state index in [-0.39, 0.29) is 5.91 Å². The molecule has 1 amide bonds. The number of furan rings is 2. The number of amides is 1. The molecule has 0 fully saturated rings. The lowest BCUT2D eigenvalue weighted by Crippen LogP contribution is -2.22. The van der Waals surface area contributed by atoms with Gasteiger partial charge in [0.15, 0.2) is 22.3 Å². The zero-order chi connectivity index (χ0) is 23.5. The SMILES string of the molecule is CC(Sc1nnc(-c2ccco2)c(-c2ccco2)n1)C(=O)Nc1nc(-c2ccc(Br)cc2)cs1. The number of hydrogen-bond acceptors (Lipinski definition) is 9. The average Bonchev–Trinajstić information content (AvgIpc) is 3.62. The fraction of sp³-hybridized carbons (Fsp3) is 0.0870. The number of hydrogen-bond donors (Lipinski definition) is 1. The molecule has 1 N–H and O–H groups in total. The Kier molecular flexibility index (Phi) is 6.57. The van der Waals surface area contributed by atoms with Gasteiger partial charge in [-0.2, -0.15) is 0 Å². The van der Waals surface area contributed by atoms with E-state index in [1.165, 1.54) is 23.1 Å². The first kappa shape index (κ1) is 22.5. The topological polar surface area (TPSA) is 107 Å². The van der Waals surface area contributed by atoms with Gasteiger partial charge in [-0.05, 0) is 43.3 Å². The third-order valence-corrected chi connectivity index (χ3v) is 6.94. The van der Waals surface area contributed by atoms with Gasteiger partial charge in [-0.1, -0.05) is 39.8 Å². The normalized spacial score (nSPS) is 11.9. The van der Waals surface area contributed by atoms with E-state index in [4.69, 9.17) is 8.83 Å². The molecule has 170 valence electrons. The van der Waals surface area contributed by atoms with Crippen LogP contribution in [0, 0.1) is 0 Å². The molecule has 5 aromatic rings. The van der Waals surface area contributed by atoms with Gasteiger partial charge in [0.1, 0.15) is 5.69 Å². The van der Waals surface area contributed by atoms with Crippen molar-refractivity contribution in [3.05, 3.63) is 70.9 Å². The van der Waals surface area contributed by atoms with Crippen LogP contribution < -0.4 is 5.32 Å². The van der Waals surface area contributed by atoms with Crippen LogP contribution in [0.25, 0.3) is 34.2 Å². The molecule has 0 bridgehead atoms. The molecule has 0 aliphatic heterocycles. The Bertz CT molecular complexity index is 1400. The van der Waals surface area contributed by atoms with Crippen molar-refractivity contribution >= 4 is 50.1 Å². The largest absolute Gasteiger partial charge is 0.463 e. The second-order valence-electron chi connectivity index (χ2n) is 7.04. The lowest BCUT2D eigenvalue weighted by Gasteiger charge is -2.10. The maximum Gasteiger partial charge on any atom is 0.239 e. The highest BCUT2D eigenvalue weighted by Gasteiger charge is 2.22. The van der Waals surface area contributed by atoms with Gasteiger partial charge < -0.3 is 14.2 Å². The van der Waals surface area contributed by atoms with Gasteiger partial charge >= 0.3 is 0 Å². The molecule has 1 unspecified atom stereocenters. The third-order valence-electron chi connectivity index (χ3n) is 4.70. The minimum Gasteiger partial charge on any atom is -0.463 e. The maximum absolute atomic E-state index is 12.8. The number of carbonyl (C=O) groups excluding carboxylic acids is 1. The third kappa shape index (κ3) is 4.96. The molecule has 4 heterocycles. The molecule has 34 heavy (non-hydrogen) atoms. The summed E-state index contributed by atoms with van der Waals surface area (Å²) in [7, 11) is 0. The summed E-state index contributed by atoms with van der Waals surface area (Å²) in [4.78, 5) is 21.9. The molecule has 4 aromatic heterocycles. The number of carbonyl (C=O) groups is 1. The molecule has 0 spiro atoms. The van der Waals surface area contributed by atoms with Crippen LogP contribution in [0.2, 0.25) is 0 Å². The van der Waals surface area contributed by atoms with Crippen molar-refractivity contribution in [1.82, 2.24) is 20.2 Å². The first-order valence-electron chi connectivity index (χ1n) is 10.1. The number of rotatable bonds is 7. The Labute approximate surface area is 211 Å². The second-order valence-corrected chi connectivity index (χ2v) is 10.1. The summed E-state index contributed by atoms with van der Waals surface area (Å²) < 4.78 is 12.0. The van der Waals surface area contributed by atoms with Crippen LogP contribution in [0.5, 0.6) is 0 Å². The van der Waals surface area contributed by atoms with Gasteiger partial charge in [0.25, 0.3) is 0 Å². The number of thioether (sulfide) groups is 1. The zero-order valence-corrected chi connectivity index (χ0v) is 20.9. The predicted octanol–water partition coefficient (Wildman–Crippen LogP) is 6.40. The van der Waals surface area contributed by atoms with Crippen LogP contribution in [-0.2, 0) is 4.79 Å². The van der Waals surface area contributed by atoms with Crippen molar-refractivity contribution < 1.29 is 13.6 Å². The molecule has 0 aliphatic carbocycles. The monoisotopic (exact) mass is 553 g/mol. The quantitative estimate of drug-likeness (QED) is 0.231. The van der Waals surface area contributed by atoms with Gasteiger partial charge in [0.05, 0.1) is 23.5 Å². The zero-order valence-electron chi connectivity index (χ0n) is 17.6. The Hall–Kier alpha value is -3.28. The summed E-state index contributed by atoms with van der Waals surface area (Å²) in [6, 6.07) is 14.9. The summed E-state index contributed by atoms with van der Waals surface area (Å²) in [5, 5.41) is 13.6. The van der Waals surface area contributed by atoms with Crippen LogP contribution in [0.4, 0.5) is 5.13 Å². The average molecular weight is 554 g/mol. The minimum absolute atomic E-state index is 0.208. The number of thiazole rings is 1. The van der Waals surface area contributed by atoms with Gasteiger partial charge in [-0.15, -0.1) is 21.5 Å². The number of halogens is 1. The molecule has 11 heteroatoms. The lowest BCUT2D eigenvalue weighted by molar-refractivity contribution is -0.115. The smallest absolute Gasteiger partial charge is 0.239 e. The number of anilines is 1. The fourth-order valence-corrected chi connectivity index (χ4v) is 4.73. The van der Waals surface area contributed by atoms with Crippen molar-refractivity contribution in [2.24, 2.45) is 0 Å². The predicted molar refractivity (Wildman–Crippen MR) is 134 cm³/mol. The molecular formula is C23H16BrN5O3S2. The van der Waals surface area contributed by atoms with Crippen molar-refractivity contribution in [2.45, 2.75) is 17.3 Å². The standard InChI is InChI=1S/C23H16BrN5O3S2/c1-13(21(30)27-22-25-16(12-33-22)14-6-8-15(24)9-7-14)34-23-26-19(17-4-2-10-31-17)20(28-29-23)18-5-3-11-32-18/h2-13H,1H3,(H,25,27,30). The van der Waals surface area contributed by atoms with E-state index in [2.05, 4.69) is 41.4 Å². The van der Waals surface area contributed by atoms with Crippen molar-refractivity contribution in [2.75, 3.05) is 5.32 Å². The summed E-state index contributed by atoms with van der Waals surface area (Å²) in [5.41, 5.74) is 2.73. The summed E-state index contributed by atoms with van der Waals surface area (Å²) in [6.45, 7) is 1.78. The van der Waals surface area contributed by atoms with Gasteiger partial charge in [-0.25, -0.2) is 9.97 Å². The first-order chi connectivity index (χ1) is 16.6. The van der Waals surface area contributed by atoms with Gasteiger partial charge in [0, 0.05) is 15.4 Å². The van der Waals surface area contributed by atoms with E-state index in [1.807, 2.05) is 29.6 Å². The van der Waals surface area contributed by atoms with Crippen molar-refractivity contribution in [3.8, 4) is 34.2 Å². The molecule has 1 aromatic carbocycles. The Morgan fingerprint density at radius 2 is 1.71 bits per heavy atom. The molecule has 1 atom stereocenters. The van der Waals surface area contributed by atoms with Crippen molar-refractivity contribution in [3.63, 3.8) is 0 Å². The lowest BCUT2D eigenvalue weighted by atomic mass is 10.2. The van der Waals surface area contributed by atoms with Crippen LogP contribution in [0.15, 0.2) is 84.9 Å². The maximum atomic E-state index is 12.8. The molecule has 0 radical (unpaired) electrons. The number of nitrogens with one attached hydrogen (secondary N) is 1. The number of aromatic nitrogens is 4. The first-order valence-corrected chi connectivity index (χ1v) is 12.6. The number of nitrogens with zero attached hydrogens (tertiary/aromatic N) is 4. The molecule has 0 aliphatic rings. The second kappa shape index (κ2) is 9.92. The summed E-state index contributed by atoms with van der Waals surface area (Å²) >= 11 is 5.99. The highest BCUT2D eigenvalue weighted by atomic mass is 79.9. The Morgan fingerprint density at radius 3 is 2.38 bits per heavy atom. The number of benzene rings is 1. The molecule has 0 saturated heterocycles. The van der Waals surface area contributed by atoms with E-state index in [0.717, 1.165) is 15.7 Å². The molecular weight excluding hydrogens is 538 g/mol. The van der Waals surface area contributed by atoms with Crippen molar-refractivity contribution in [1.29, 1.82) is 0 Å². The molecule has 8 nitrogen and oxygen atoms in total. The Balaban J connectivity index is 1.30. The summed E-state index contributed by atoms with van der Waals surface area (Å²) in [5.74, 6) is 0.850. The van der Waals surface area contributed by atoms with Crippen LogP contribution in [0.1, 0.15) is 6.92 Å². The highest BCUT2D eigenvalue weighted by molar-refractivity contribution is 9.10.